The quantitative estimate of drug-likeness (QED) is 0.714. The Morgan fingerprint density at radius 1 is 1.44 bits per heavy atom. The number of carbonyl (C=O) groups is 1. The number of phenols is 1. The lowest BCUT2D eigenvalue weighted by Crippen LogP contribution is -2.29. The second-order valence-electron chi connectivity index (χ2n) is 3.09. The minimum absolute atomic E-state index is 0.0892. The molecule has 2 unspecified atom stereocenters. The maximum atomic E-state index is 11.0. The fourth-order valence-corrected chi connectivity index (χ4v) is 1.68. The molecule has 0 fully saturated rings. The van der Waals surface area contributed by atoms with E-state index in [9.17, 15) is 20.1 Å². The highest BCUT2D eigenvalue weighted by molar-refractivity contribution is 9.10. The van der Waals surface area contributed by atoms with E-state index in [1.54, 1.807) is 0 Å². The number of methoxy groups -OCH3 is 1. The van der Waals surface area contributed by atoms with Crippen molar-refractivity contribution in [2.24, 2.45) is 0 Å². The van der Waals surface area contributed by atoms with Crippen molar-refractivity contribution in [2.45, 2.75) is 12.2 Å². The topological polar surface area (TPSA) is 87.0 Å². The number of halogens is 1. The van der Waals surface area contributed by atoms with Crippen molar-refractivity contribution >= 4 is 21.9 Å². The van der Waals surface area contributed by atoms with Crippen LogP contribution < -0.4 is 0 Å². The summed E-state index contributed by atoms with van der Waals surface area (Å²) in [7, 11) is 1.11. The summed E-state index contributed by atoms with van der Waals surface area (Å²) in [5.74, 6) is -1.03. The fraction of sp³-hybridized carbons (Fsp3) is 0.300. The SMILES string of the molecule is COC(=O)C(O)C(O)c1cccc(O)c1Br. The van der Waals surface area contributed by atoms with E-state index in [0.717, 1.165) is 7.11 Å². The van der Waals surface area contributed by atoms with E-state index in [0.29, 0.717) is 0 Å². The second-order valence-corrected chi connectivity index (χ2v) is 3.89. The number of hydrogen-bond acceptors (Lipinski definition) is 5. The van der Waals surface area contributed by atoms with Crippen LogP contribution >= 0.6 is 15.9 Å². The van der Waals surface area contributed by atoms with Crippen molar-refractivity contribution in [1.29, 1.82) is 0 Å². The van der Waals surface area contributed by atoms with E-state index in [1.807, 2.05) is 0 Å². The third-order valence-electron chi connectivity index (χ3n) is 2.07. The Bertz CT molecular complexity index is 393. The summed E-state index contributed by atoms with van der Waals surface area (Å²) in [4.78, 5) is 11.0. The molecule has 0 radical (unpaired) electrons. The van der Waals surface area contributed by atoms with E-state index in [-0.39, 0.29) is 15.8 Å². The molecule has 1 rings (SSSR count). The number of esters is 1. The largest absolute Gasteiger partial charge is 0.507 e. The fourth-order valence-electron chi connectivity index (χ4n) is 1.19. The zero-order valence-electron chi connectivity index (χ0n) is 8.42. The van der Waals surface area contributed by atoms with Gasteiger partial charge in [-0.2, -0.15) is 0 Å². The lowest BCUT2D eigenvalue weighted by molar-refractivity contribution is -0.156. The number of aliphatic hydroxyl groups is 2. The number of aromatic hydroxyl groups is 1. The Hall–Kier alpha value is -1.11. The second kappa shape index (κ2) is 5.29. The highest BCUT2D eigenvalue weighted by Gasteiger charge is 2.28. The van der Waals surface area contributed by atoms with Crippen molar-refractivity contribution in [3.05, 3.63) is 28.2 Å². The molecule has 0 aromatic heterocycles. The monoisotopic (exact) mass is 290 g/mol. The number of benzene rings is 1. The minimum atomic E-state index is -1.69. The number of phenolic OH excluding ortho intramolecular Hbond substituents is 1. The van der Waals surface area contributed by atoms with Gasteiger partial charge in [-0.15, -0.1) is 0 Å². The zero-order valence-corrected chi connectivity index (χ0v) is 10.0. The highest BCUT2D eigenvalue weighted by atomic mass is 79.9. The molecule has 0 bridgehead atoms. The van der Waals surface area contributed by atoms with Gasteiger partial charge in [0.25, 0.3) is 0 Å². The highest BCUT2D eigenvalue weighted by Crippen LogP contribution is 2.32. The molecule has 0 heterocycles. The van der Waals surface area contributed by atoms with Gasteiger partial charge < -0.3 is 20.1 Å². The molecule has 6 heteroatoms. The van der Waals surface area contributed by atoms with Crippen molar-refractivity contribution < 1.29 is 24.9 Å². The molecule has 0 aliphatic heterocycles. The molecule has 0 saturated carbocycles. The molecule has 0 aliphatic carbocycles. The van der Waals surface area contributed by atoms with E-state index in [4.69, 9.17) is 0 Å². The van der Waals surface area contributed by atoms with Crippen molar-refractivity contribution in [3.63, 3.8) is 0 Å². The van der Waals surface area contributed by atoms with Crippen molar-refractivity contribution in [3.8, 4) is 5.75 Å². The van der Waals surface area contributed by atoms with Gasteiger partial charge in [-0.1, -0.05) is 12.1 Å². The molecule has 3 N–H and O–H groups in total. The van der Waals surface area contributed by atoms with Gasteiger partial charge in [0, 0.05) is 5.56 Å². The first kappa shape index (κ1) is 13.0. The van der Waals surface area contributed by atoms with Crippen LogP contribution in [0.4, 0.5) is 0 Å². The number of hydrogen-bond donors (Lipinski definition) is 3. The van der Waals surface area contributed by atoms with Crippen molar-refractivity contribution in [1.82, 2.24) is 0 Å². The molecular weight excluding hydrogens is 280 g/mol. The molecule has 1 aromatic carbocycles. The standard InChI is InChI=1S/C10H11BrO5/c1-16-10(15)9(14)8(13)5-3-2-4-6(12)7(5)11/h2-4,8-9,12-14H,1H3. The van der Waals surface area contributed by atoms with Gasteiger partial charge in [0.1, 0.15) is 11.9 Å². The summed E-state index contributed by atoms with van der Waals surface area (Å²) >= 11 is 3.05. The summed E-state index contributed by atoms with van der Waals surface area (Å²) in [5.41, 5.74) is 0.206. The van der Waals surface area contributed by atoms with E-state index in [2.05, 4.69) is 20.7 Å². The minimum Gasteiger partial charge on any atom is -0.507 e. The molecule has 1 aromatic rings. The number of rotatable bonds is 3. The predicted molar refractivity (Wildman–Crippen MR) is 58.8 cm³/mol. The first-order valence-corrected chi connectivity index (χ1v) is 5.19. The summed E-state index contributed by atoms with van der Waals surface area (Å²) in [5, 5.41) is 28.5. The molecule has 0 aliphatic rings. The Labute approximate surface area is 100 Å². The van der Waals surface area contributed by atoms with Gasteiger partial charge in [0.2, 0.25) is 0 Å². The Morgan fingerprint density at radius 2 is 2.06 bits per heavy atom. The normalized spacial score (nSPS) is 14.2. The van der Waals surface area contributed by atoms with Gasteiger partial charge in [0.05, 0.1) is 11.6 Å². The molecule has 2 atom stereocenters. The lowest BCUT2D eigenvalue weighted by Gasteiger charge is -2.17. The number of aliphatic hydroxyl groups excluding tert-OH is 2. The van der Waals surface area contributed by atoms with E-state index >= 15 is 0 Å². The summed E-state index contributed by atoms with van der Waals surface area (Å²) in [6, 6.07) is 4.37. The maximum Gasteiger partial charge on any atom is 0.337 e. The average Bonchev–Trinajstić information content (AvgIpc) is 2.29. The average molecular weight is 291 g/mol. The van der Waals surface area contributed by atoms with Gasteiger partial charge in [-0.05, 0) is 22.0 Å². The maximum absolute atomic E-state index is 11.0. The molecule has 0 amide bonds. The van der Waals surface area contributed by atoms with Gasteiger partial charge in [0.15, 0.2) is 6.10 Å². The lowest BCUT2D eigenvalue weighted by atomic mass is 10.0. The molecule has 0 spiro atoms. The Morgan fingerprint density at radius 3 is 2.62 bits per heavy atom. The van der Waals surface area contributed by atoms with Crippen LogP contribution in [-0.4, -0.2) is 34.5 Å². The van der Waals surface area contributed by atoms with Crippen molar-refractivity contribution in [2.75, 3.05) is 7.11 Å². The number of carbonyl (C=O) groups excluding carboxylic acids is 1. The van der Waals surface area contributed by atoms with Gasteiger partial charge in [-0.3, -0.25) is 0 Å². The molecule has 5 nitrogen and oxygen atoms in total. The Kier molecular flexibility index (Phi) is 4.28. The smallest absolute Gasteiger partial charge is 0.337 e. The Balaban J connectivity index is 3.00. The first-order chi connectivity index (χ1) is 7.49. The summed E-state index contributed by atoms with van der Waals surface area (Å²) in [6.07, 6.45) is -3.16. The van der Waals surface area contributed by atoms with Crippen LogP contribution in [-0.2, 0) is 9.53 Å². The molecule has 0 saturated heterocycles. The van der Waals surface area contributed by atoms with Gasteiger partial charge in [-0.25, -0.2) is 4.79 Å². The zero-order chi connectivity index (χ0) is 12.3. The molecular formula is C10H11BrO5. The van der Waals surface area contributed by atoms with Crippen LogP contribution in [0, 0.1) is 0 Å². The van der Waals surface area contributed by atoms with Crippen LogP contribution in [0.1, 0.15) is 11.7 Å². The van der Waals surface area contributed by atoms with Crippen LogP contribution in [0.15, 0.2) is 22.7 Å². The first-order valence-electron chi connectivity index (χ1n) is 4.40. The number of ether oxygens (including phenoxy) is 1. The van der Waals surface area contributed by atoms with Crippen LogP contribution in [0.3, 0.4) is 0 Å². The third-order valence-corrected chi connectivity index (χ3v) is 2.93. The van der Waals surface area contributed by atoms with Crippen LogP contribution in [0.25, 0.3) is 0 Å². The molecule has 88 valence electrons. The van der Waals surface area contributed by atoms with Gasteiger partial charge >= 0.3 is 5.97 Å². The van der Waals surface area contributed by atoms with Crippen LogP contribution in [0.5, 0.6) is 5.75 Å². The van der Waals surface area contributed by atoms with E-state index in [1.165, 1.54) is 18.2 Å². The summed E-state index contributed by atoms with van der Waals surface area (Å²) < 4.78 is 4.53. The molecule has 16 heavy (non-hydrogen) atoms. The third kappa shape index (κ3) is 2.52. The van der Waals surface area contributed by atoms with Crippen LogP contribution in [0.2, 0.25) is 0 Å². The van der Waals surface area contributed by atoms with E-state index < -0.39 is 18.2 Å². The summed E-state index contributed by atoms with van der Waals surface area (Å²) in [6.45, 7) is 0. The predicted octanol–water partition coefficient (Wildman–Crippen LogP) is 0.722.